The van der Waals surface area contributed by atoms with Crippen LogP contribution in [0.15, 0.2) is 34.5 Å². The van der Waals surface area contributed by atoms with Gasteiger partial charge in [-0.3, -0.25) is 0 Å². The Hall–Kier alpha value is -1.24. The van der Waals surface area contributed by atoms with Gasteiger partial charge < -0.3 is 4.42 Å². The molecular formula is C15H18O. The summed E-state index contributed by atoms with van der Waals surface area (Å²) in [6, 6.07) is 2.07. The molecule has 1 aromatic heterocycles. The number of allylic oxidation sites excluding steroid dienone is 3. The van der Waals surface area contributed by atoms with E-state index in [1.165, 1.54) is 17.6 Å². The van der Waals surface area contributed by atoms with E-state index in [-0.39, 0.29) is 0 Å². The summed E-state index contributed by atoms with van der Waals surface area (Å²) in [7, 11) is 0. The summed E-state index contributed by atoms with van der Waals surface area (Å²) in [5.74, 6) is 2.18. The lowest BCUT2D eigenvalue weighted by Crippen LogP contribution is -2.30. The van der Waals surface area contributed by atoms with Crippen molar-refractivity contribution in [2.24, 2.45) is 11.3 Å². The minimum atomic E-state index is 0.338. The topological polar surface area (TPSA) is 13.1 Å². The summed E-state index contributed by atoms with van der Waals surface area (Å²) in [6.07, 6.45) is 9.95. The van der Waals surface area contributed by atoms with Crippen LogP contribution in [0.1, 0.15) is 44.4 Å². The Kier molecular flexibility index (Phi) is 1.95. The van der Waals surface area contributed by atoms with Crippen molar-refractivity contribution in [3.8, 4) is 0 Å². The first-order valence-corrected chi connectivity index (χ1v) is 6.02. The van der Waals surface area contributed by atoms with E-state index in [0.29, 0.717) is 17.3 Å². The number of hydrogen-bond donors (Lipinski definition) is 0. The largest absolute Gasteiger partial charge is 0.468 e. The Bertz CT molecular complexity index is 473. The number of fused-ring (bicyclic) bond motifs is 1. The van der Waals surface area contributed by atoms with Crippen LogP contribution in [0.5, 0.6) is 0 Å². The Labute approximate surface area is 96.8 Å². The van der Waals surface area contributed by atoms with E-state index in [2.05, 4.69) is 45.1 Å². The summed E-state index contributed by atoms with van der Waals surface area (Å²) in [5, 5.41) is 0. The molecule has 1 heteroatoms. The van der Waals surface area contributed by atoms with Crippen molar-refractivity contribution in [2.75, 3.05) is 0 Å². The van der Waals surface area contributed by atoms with Gasteiger partial charge in [-0.25, -0.2) is 0 Å². The highest BCUT2D eigenvalue weighted by atomic mass is 16.3. The summed E-state index contributed by atoms with van der Waals surface area (Å²) in [4.78, 5) is 0. The Morgan fingerprint density at radius 3 is 2.94 bits per heavy atom. The molecule has 0 radical (unpaired) electrons. The maximum atomic E-state index is 5.67. The first kappa shape index (κ1) is 9.95. The van der Waals surface area contributed by atoms with Crippen LogP contribution >= 0.6 is 0 Å². The fourth-order valence-electron chi connectivity index (χ4n) is 3.34. The van der Waals surface area contributed by atoms with E-state index < -0.39 is 0 Å². The fraction of sp³-hybridized carbons (Fsp3) is 0.467. The zero-order chi connectivity index (χ0) is 11.3. The van der Waals surface area contributed by atoms with Crippen LogP contribution in [0.3, 0.4) is 0 Å². The third-order valence-electron chi connectivity index (χ3n) is 4.07. The molecule has 1 nitrogen and oxygen atoms in total. The van der Waals surface area contributed by atoms with Gasteiger partial charge in [0.15, 0.2) is 0 Å². The normalized spacial score (nSPS) is 30.6. The molecule has 0 spiro atoms. The minimum Gasteiger partial charge on any atom is -0.468 e. The summed E-state index contributed by atoms with van der Waals surface area (Å²) < 4.78 is 5.67. The Morgan fingerprint density at radius 1 is 1.38 bits per heavy atom. The van der Waals surface area contributed by atoms with Crippen LogP contribution in [0.4, 0.5) is 0 Å². The van der Waals surface area contributed by atoms with Crippen LogP contribution in [0.2, 0.25) is 0 Å². The van der Waals surface area contributed by atoms with Gasteiger partial charge in [0.1, 0.15) is 5.76 Å². The molecule has 0 saturated carbocycles. The first-order valence-electron chi connectivity index (χ1n) is 6.02. The second kappa shape index (κ2) is 3.13. The molecular weight excluding hydrogens is 196 g/mol. The van der Waals surface area contributed by atoms with Crippen molar-refractivity contribution in [1.82, 2.24) is 0 Å². The molecule has 1 aromatic rings. The van der Waals surface area contributed by atoms with Crippen LogP contribution < -0.4 is 0 Å². The SMILES string of the molecule is CC1=CC2CC(C)(C)C1C=Cc1ccoc12. The molecule has 3 aliphatic rings. The van der Waals surface area contributed by atoms with Crippen LogP contribution in [0.25, 0.3) is 6.08 Å². The van der Waals surface area contributed by atoms with Crippen LogP contribution in [0, 0.1) is 11.3 Å². The predicted molar refractivity (Wildman–Crippen MR) is 66.1 cm³/mol. The molecule has 2 unspecified atom stereocenters. The van der Waals surface area contributed by atoms with Gasteiger partial charge in [-0.2, -0.15) is 0 Å². The number of hydrogen-bond acceptors (Lipinski definition) is 1. The quantitative estimate of drug-likeness (QED) is 0.584. The van der Waals surface area contributed by atoms with Crippen molar-refractivity contribution in [3.05, 3.63) is 41.4 Å². The standard InChI is InChI=1S/C15H18O/c1-10-8-12-9-15(2,3)13(10)5-4-11-6-7-16-14(11)12/h4-8,12-13H,9H2,1-3H3. The second-order valence-corrected chi connectivity index (χ2v) is 5.79. The lowest BCUT2D eigenvalue weighted by atomic mass is 9.64. The second-order valence-electron chi connectivity index (χ2n) is 5.79. The monoisotopic (exact) mass is 214 g/mol. The van der Waals surface area contributed by atoms with E-state index in [9.17, 15) is 0 Å². The van der Waals surface area contributed by atoms with Crippen LogP contribution in [-0.4, -0.2) is 0 Å². The van der Waals surface area contributed by atoms with E-state index in [1.54, 1.807) is 0 Å². The fourth-order valence-corrected chi connectivity index (χ4v) is 3.34. The van der Waals surface area contributed by atoms with Gasteiger partial charge in [0.25, 0.3) is 0 Å². The molecule has 3 aliphatic carbocycles. The highest BCUT2D eigenvalue weighted by Gasteiger charge is 2.38. The Balaban J connectivity index is 2.20. The molecule has 0 aromatic carbocycles. The van der Waals surface area contributed by atoms with Crippen LogP contribution in [-0.2, 0) is 0 Å². The van der Waals surface area contributed by atoms with E-state index in [4.69, 9.17) is 4.42 Å². The maximum Gasteiger partial charge on any atom is 0.117 e. The average Bonchev–Trinajstić information content (AvgIpc) is 2.60. The molecule has 0 amide bonds. The highest BCUT2D eigenvalue weighted by molar-refractivity contribution is 5.56. The number of rotatable bonds is 0. The van der Waals surface area contributed by atoms with Gasteiger partial charge in [-0.15, -0.1) is 0 Å². The van der Waals surface area contributed by atoms with Crippen molar-refractivity contribution >= 4 is 6.08 Å². The van der Waals surface area contributed by atoms with Crippen molar-refractivity contribution in [2.45, 2.75) is 33.1 Å². The molecule has 0 N–H and O–H groups in total. The average molecular weight is 214 g/mol. The third kappa shape index (κ3) is 1.31. The van der Waals surface area contributed by atoms with Gasteiger partial charge >= 0.3 is 0 Å². The van der Waals surface area contributed by atoms with Crippen molar-refractivity contribution in [3.63, 3.8) is 0 Å². The summed E-state index contributed by atoms with van der Waals surface area (Å²) in [6.45, 7) is 6.97. The molecule has 0 fully saturated rings. The van der Waals surface area contributed by atoms with Gasteiger partial charge in [0.05, 0.1) is 6.26 Å². The van der Waals surface area contributed by atoms with Gasteiger partial charge in [-0.05, 0) is 24.8 Å². The highest BCUT2D eigenvalue weighted by Crippen LogP contribution is 2.49. The zero-order valence-corrected chi connectivity index (χ0v) is 10.2. The smallest absolute Gasteiger partial charge is 0.117 e. The zero-order valence-electron chi connectivity index (χ0n) is 10.2. The summed E-state index contributed by atoms with van der Waals surface area (Å²) >= 11 is 0. The molecule has 0 saturated heterocycles. The van der Waals surface area contributed by atoms with Gasteiger partial charge in [0, 0.05) is 17.4 Å². The lowest BCUT2D eigenvalue weighted by molar-refractivity contribution is 0.230. The molecule has 0 aliphatic heterocycles. The van der Waals surface area contributed by atoms with Crippen molar-refractivity contribution in [1.29, 1.82) is 0 Å². The van der Waals surface area contributed by atoms with Crippen molar-refractivity contribution < 1.29 is 4.42 Å². The molecule has 2 bridgehead atoms. The molecule has 1 heterocycles. The third-order valence-corrected chi connectivity index (χ3v) is 4.07. The molecule has 4 rings (SSSR count). The van der Waals surface area contributed by atoms with Gasteiger partial charge in [-0.1, -0.05) is 37.6 Å². The predicted octanol–water partition coefficient (Wildman–Crippen LogP) is 4.38. The lowest BCUT2D eigenvalue weighted by Gasteiger charge is -2.41. The van der Waals surface area contributed by atoms with E-state index >= 15 is 0 Å². The molecule has 2 atom stereocenters. The minimum absolute atomic E-state index is 0.338. The van der Waals surface area contributed by atoms with Gasteiger partial charge in [0.2, 0.25) is 0 Å². The Morgan fingerprint density at radius 2 is 2.19 bits per heavy atom. The maximum absolute atomic E-state index is 5.67. The first-order chi connectivity index (χ1) is 7.58. The summed E-state index contributed by atoms with van der Waals surface area (Å²) in [5.41, 5.74) is 3.08. The van der Waals surface area contributed by atoms with E-state index in [0.717, 1.165) is 5.76 Å². The number of furan rings is 1. The molecule has 16 heavy (non-hydrogen) atoms. The van der Waals surface area contributed by atoms with E-state index in [1.807, 2.05) is 6.26 Å². The molecule has 84 valence electrons.